The van der Waals surface area contributed by atoms with Gasteiger partial charge in [0.2, 0.25) is 21.7 Å². The minimum atomic E-state index is -3.71. The van der Waals surface area contributed by atoms with E-state index in [0.717, 1.165) is 0 Å². The Labute approximate surface area is 156 Å². The molecule has 1 aromatic heterocycles. The van der Waals surface area contributed by atoms with E-state index < -0.39 is 10.0 Å². The second kappa shape index (κ2) is 7.86. The van der Waals surface area contributed by atoms with E-state index in [9.17, 15) is 8.42 Å². The maximum Gasteiger partial charge on any atom is 0.242 e. The quantitative estimate of drug-likeness (QED) is 0.662. The lowest BCUT2D eigenvalue weighted by Crippen LogP contribution is -2.23. The Balaban J connectivity index is 1.68. The number of aromatic nitrogens is 2. The van der Waals surface area contributed by atoms with E-state index >= 15 is 0 Å². The fourth-order valence-corrected chi connectivity index (χ4v) is 3.36. The van der Waals surface area contributed by atoms with Crippen molar-refractivity contribution in [3.63, 3.8) is 0 Å². The molecule has 3 rings (SSSR count). The summed E-state index contributed by atoms with van der Waals surface area (Å²) in [7, 11) is -3.71. The maximum absolute atomic E-state index is 12.3. The van der Waals surface area contributed by atoms with Crippen molar-refractivity contribution in [2.75, 3.05) is 6.61 Å². The van der Waals surface area contributed by atoms with Crippen LogP contribution in [0.25, 0.3) is 11.4 Å². The van der Waals surface area contributed by atoms with Crippen molar-refractivity contribution in [2.45, 2.75) is 18.4 Å². The molecule has 9 heteroatoms. The summed E-state index contributed by atoms with van der Waals surface area (Å²) in [5, 5.41) is 4.38. The van der Waals surface area contributed by atoms with Crippen molar-refractivity contribution < 1.29 is 17.7 Å². The van der Waals surface area contributed by atoms with E-state index in [0.29, 0.717) is 28.8 Å². The Kier molecular flexibility index (Phi) is 5.55. The SMILES string of the molecule is CCOc1ccc(S(=O)(=O)NCc2nc(-c3cccc(Cl)c3)no2)cc1. The van der Waals surface area contributed by atoms with Crippen molar-refractivity contribution in [3.05, 3.63) is 59.4 Å². The number of ether oxygens (including phenoxy) is 1. The number of rotatable bonds is 7. The average molecular weight is 394 g/mol. The number of benzene rings is 2. The fraction of sp³-hybridized carbons (Fsp3) is 0.176. The van der Waals surface area contributed by atoms with Gasteiger partial charge in [-0.1, -0.05) is 28.9 Å². The van der Waals surface area contributed by atoms with E-state index in [1.165, 1.54) is 12.1 Å². The molecule has 0 aliphatic carbocycles. The highest BCUT2D eigenvalue weighted by molar-refractivity contribution is 7.89. The van der Waals surface area contributed by atoms with Gasteiger partial charge in [0.1, 0.15) is 5.75 Å². The van der Waals surface area contributed by atoms with Gasteiger partial charge in [0.05, 0.1) is 18.0 Å². The molecule has 0 saturated heterocycles. The molecule has 0 spiro atoms. The highest BCUT2D eigenvalue weighted by Gasteiger charge is 2.16. The van der Waals surface area contributed by atoms with Crippen LogP contribution in [0.2, 0.25) is 5.02 Å². The third kappa shape index (κ3) is 4.40. The largest absolute Gasteiger partial charge is 0.494 e. The lowest BCUT2D eigenvalue weighted by Gasteiger charge is -2.06. The highest BCUT2D eigenvalue weighted by atomic mass is 35.5. The summed E-state index contributed by atoms with van der Waals surface area (Å²) in [4.78, 5) is 4.29. The molecule has 136 valence electrons. The zero-order valence-corrected chi connectivity index (χ0v) is 15.4. The fourth-order valence-electron chi connectivity index (χ4n) is 2.19. The summed E-state index contributed by atoms with van der Waals surface area (Å²) in [5.74, 6) is 1.09. The van der Waals surface area contributed by atoms with Crippen LogP contribution in [0.1, 0.15) is 12.8 Å². The second-order valence-electron chi connectivity index (χ2n) is 5.25. The summed E-state index contributed by atoms with van der Waals surface area (Å²) in [6.07, 6.45) is 0. The molecular formula is C17H16ClN3O4S. The van der Waals surface area contributed by atoms with Gasteiger partial charge < -0.3 is 9.26 Å². The first kappa shape index (κ1) is 18.4. The molecular weight excluding hydrogens is 378 g/mol. The summed E-state index contributed by atoms with van der Waals surface area (Å²) in [6.45, 7) is 2.24. The summed E-state index contributed by atoms with van der Waals surface area (Å²) in [5.41, 5.74) is 0.682. The minimum absolute atomic E-state index is 0.121. The topological polar surface area (TPSA) is 94.3 Å². The molecule has 0 fully saturated rings. The Morgan fingerprint density at radius 1 is 1.19 bits per heavy atom. The number of sulfonamides is 1. The third-order valence-corrected chi connectivity index (χ3v) is 5.06. The molecule has 2 aromatic carbocycles. The standard InChI is InChI=1S/C17H16ClN3O4S/c1-2-24-14-6-8-15(9-7-14)26(22,23)19-11-16-20-17(21-25-16)12-4-3-5-13(18)10-12/h3-10,19H,2,11H2,1H3. The van der Waals surface area contributed by atoms with Crippen molar-refractivity contribution >= 4 is 21.6 Å². The lowest BCUT2D eigenvalue weighted by atomic mass is 10.2. The molecule has 0 aliphatic heterocycles. The normalized spacial score (nSPS) is 11.5. The summed E-state index contributed by atoms with van der Waals surface area (Å²) >= 11 is 5.93. The molecule has 0 amide bonds. The number of nitrogens with zero attached hydrogens (tertiary/aromatic N) is 2. The average Bonchev–Trinajstić information content (AvgIpc) is 3.10. The number of nitrogens with one attached hydrogen (secondary N) is 1. The van der Waals surface area contributed by atoms with E-state index in [1.807, 2.05) is 6.92 Å². The van der Waals surface area contributed by atoms with Crippen LogP contribution in [-0.2, 0) is 16.6 Å². The third-order valence-electron chi connectivity index (χ3n) is 3.41. The van der Waals surface area contributed by atoms with Gasteiger partial charge >= 0.3 is 0 Å². The van der Waals surface area contributed by atoms with Crippen LogP contribution >= 0.6 is 11.6 Å². The Morgan fingerprint density at radius 3 is 2.65 bits per heavy atom. The predicted molar refractivity (Wildman–Crippen MR) is 96.4 cm³/mol. The van der Waals surface area contributed by atoms with Crippen LogP contribution in [0.4, 0.5) is 0 Å². The molecule has 26 heavy (non-hydrogen) atoms. The van der Waals surface area contributed by atoms with E-state index in [-0.39, 0.29) is 17.3 Å². The zero-order chi connectivity index (χ0) is 18.6. The molecule has 0 saturated carbocycles. The van der Waals surface area contributed by atoms with Crippen LogP contribution in [0.5, 0.6) is 5.75 Å². The van der Waals surface area contributed by atoms with Crippen LogP contribution in [0, 0.1) is 0 Å². The van der Waals surface area contributed by atoms with Crippen molar-refractivity contribution in [1.29, 1.82) is 0 Å². The maximum atomic E-state index is 12.3. The van der Waals surface area contributed by atoms with Gasteiger partial charge in [0, 0.05) is 10.6 Å². The molecule has 0 atom stereocenters. The van der Waals surface area contributed by atoms with Gasteiger partial charge in [-0.05, 0) is 43.3 Å². The number of hydrogen-bond acceptors (Lipinski definition) is 6. The Morgan fingerprint density at radius 2 is 1.96 bits per heavy atom. The Hall–Kier alpha value is -2.42. The van der Waals surface area contributed by atoms with Gasteiger partial charge in [-0.15, -0.1) is 0 Å². The van der Waals surface area contributed by atoms with Gasteiger partial charge in [-0.2, -0.15) is 4.98 Å². The summed E-state index contributed by atoms with van der Waals surface area (Å²) < 4.78 is 37.5. The Bertz CT molecular complexity index is 987. The zero-order valence-electron chi connectivity index (χ0n) is 13.8. The molecule has 1 N–H and O–H groups in total. The molecule has 7 nitrogen and oxygen atoms in total. The molecule has 0 unspecified atom stereocenters. The van der Waals surface area contributed by atoms with Crippen molar-refractivity contribution in [2.24, 2.45) is 0 Å². The van der Waals surface area contributed by atoms with E-state index in [2.05, 4.69) is 14.9 Å². The smallest absolute Gasteiger partial charge is 0.242 e. The van der Waals surface area contributed by atoms with E-state index in [4.69, 9.17) is 20.9 Å². The monoisotopic (exact) mass is 393 g/mol. The van der Waals surface area contributed by atoms with Gasteiger partial charge in [0.25, 0.3) is 0 Å². The molecule has 1 heterocycles. The van der Waals surface area contributed by atoms with Crippen LogP contribution in [-0.4, -0.2) is 25.2 Å². The van der Waals surface area contributed by atoms with Crippen LogP contribution in [0.3, 0.4) is 0 Å². The van der Waals surface area contributed by atoms with Gasteiger partial charge in [0.15, 0.2) is 0 Å². The first-order valence-corrected chi connectivity index (χ1v) is 9.65. The first-order chi connectivity index (χ1) is 12.5. The molecule has 0 radical (unpaired) electrons. The number of halogens is 1. The van der Waals surface area contributed by atoms with Crippen molar-refractivity contribution in [1.82, 2.24) is 14.9 Å². The lowest BCUT2D eigenvalue weighted by molar-refractivity contribution is 0.340. The van der Waals surface area contributed by atoms with Gasteiger partial charge in [-0.3, -0.25) is 0 Å². The molecule has 3 aromatic rings. The number of hydrogen-bond donors (Lipinski definition) is 1. The van der Waals surface area contributed by atoms with Crippen molar-refractivity contribution in [3.8, 4) is 17.1 Å². The predicted octanol–water partition coefficient (Wildman–Crippen LogP) is 3.27. The van der Waals surface area contributed by atoms with Gasteiger partial charge in [-0.25, -0.2) is 13.1 Å². The van der Waals surface area contributed by atoms with Crippen LogP contribution in [0.15, 0.2) is 57.9 Å². The summed E-state index contributed by atoms with van der Waals surface area (Å²) in [6, 6.07) is 13.1. The van der Waals surface area contributed by atoms with E-state index in [1.54, 1.807) is 36.4 Å². The van der Waals surface area contributed by atoms with Crippen LogP contribution < -0.4 is 9.46 Å². The molecule has 0 aliphatic rings. The highest BCUT2D eigenvalue weighted by Crippen LogP contribution is 2.20. The second-order valence-corrected chi connectivity index (χ2v) is 7.45. The first-order valence-electron chi connectivity index (χ1n) is 7.79. The minimum Gasteiger partial charge on any atom is -0.494 e. The molecule has 0 bridgehead atoms.